The minimum atomic E-state index is 0.927. The van der Waals surface area contributed by atoms with E-state index in [1.54, 1.807) is 0 Å². The monoisotopic (exact) mass is 248 g/mol. The number of hydrogen-bond donors (Lipinski definition) is 0. The van der Waals surface area contributed by atoms with Crippen LogP contribution < -0.4 is 0 Å². The number of fused-ring (bicyclic) bond motifs is 1. The van der Waals surface area contributed by atoms with Gasteiger partial charge in [-0.05, 0) is 38.0 Å². The van der Waals surface area contributed by atoms with Crippen LogP contribution in [0.2, 0.25) is 0 Å². The van der Waals surface area contributed by atoms with Crippen molar-refractivity contribution in [2.75, 3.05) is 0 Å². The lowest BCUT2D eigenvalue weighted by molar-refractivity contribution is 1.25. The van der Waals surface area contributed by atoms with Crippen molar-refractivity contribution in [2.45, 2.75) is 20.8 Å². The van der Waals surface area contributed by atoms with Crippen LogP contribution >= 0.6 is 0 Å². The van der Waals surface area contributed by atoms with Gasteiger partial charge in [0.05, 0.1) is 22.9 Å². The molecular formula is C17H16N2. The standard InChI is InChI=1S/C17H16N2/c1-11-4-7-14(8-5-11)16-10-18-17-13(3)12(2)6-9-15(17)19-16/h4-10H,1-3H3. The van der Waals surface area contributed by atoms with Crippen molar-refractivity contribution in [3.8, 4) is 11.3 Å². The quantitative estimate of drug-likeness (QED) is 0.644. The maximum absolute atomic E-state index is 4.71. The summed E-state index contributed by atoms with van der Waals surface area (Å²) in [5.74, 6) is 0. The highest BCUT2D eigenvalue weighted by atomic mass is 14.8. The van der Waals surface area contributed by atoms with Crippen LogP contribution in [0.1, 0.15) is 16.7 Å². The zero-order chi connectivity index (χ0) is 13.4. The Labute approximate surface area is 113 Å². The first-order valence-corrected chi connectivity index (χ1v) is 6.45. The fourth-order valence-electron chi connectivity index (χ4n) is 2.19. The van der Waals surface area contributed by atoms with Crippen LogP contribution in [0.3, 0.4) is 0 Å². The third kappa shape index (κ3) is 2.10. The van der Waals surface area contributed by atoms with E-state index in [1.807, 2.05) is 12.3 Å². The van der Waals surface area contributed by atoms with Crippen molar-refractivity contribution in [3.05, 3.63) is 59.3 Å². The Kier molecular flexibility index (Phi) is 2.79. The topological polar surface area (TPSA) is 25.8 Å². The number of aromatic nitrogens is 2. The van der Waals surface area contributed by atoms with Crippen molar-refractivity contribution in [1.82, 2.24) is 9.97 Å². The maximum atomic E-state index is 4.71. The molecule has 1 aromatic heterocycles. The molecule has 0 spiro atoms. The molecule has 0 N–H and O–H groups in total. The molecule has 0 saturated carbocycles. The Bertz CT molecular complexity index is 743. The third-order valence-electron chi connectivity index (χ3n) is 3.58. The normalized spacial score (nSPS) is 10.9. The Hall–Kier alpha value is -2.22. The second-order valence-electron chi connectivity index (χ2n) is 5.00. The minimum Gasteiger partial charge on any atom is -0.252 e. The van der Waals surface area contributed by atoms with Crippen LogP contribution in [-0.2, 0) is 0 Å². The fourth-order valence-corrected chi connectivity index (χ4v) is 2.19. The van der Waals surface area contributed by atoms with E-state index < -0.39 is 0 Å². The van der Waals surface area contributed by atoms with Crippen LogP contribution in [0.5, 0.6) is 0 Å². The molecule has 0 unspecified atom stereocenters. The lowest BCUT2D eigenvalue weighted by atomic mass is 10.1. The van der Waals surface area contributed by atoms with Crippen LogP contribution in [0.25, 0.3) is 22.3 Å². The molecule has 0 bridgehead atoms. The van der Waals surface area contributed by atoms with Crippen molar-refractivity contribution in [3.63, 3.8) is 0 Å². The Morgan fingerprint density at radius 2 is 1.58 bits per heavy atom. The Balaban J connectivity index is 2.17. The molecule has 0 fully saturated rings. The molecule has 2 heteroatoms. The number of nitrogens with zero attached hydrogens (tertiary/aromatic N) is 2. The highest BCUT2D eigenvalue weighted by Gasteiger charge is 2.05. The molecule has 0 aliphatic heterocycles. The second-order valence-corrected chi connectivity index (χ2v) is 5.00. The minimum absolute atomic E-state index is 0.927. The van der Waals surface area contributed by atoms with E-state index in [4.69, 9.17) is 4.98 Å². The highest BCUT2D eigenvalue weighted by molar-refractivity contribution is 5.81. The van der Waals surface area contributed by atoms with E-state index in [0.29, 0.717) is 0 Å². The van der Waals surface area contributed by atoms with Crippen LogP contribution in [0, 0.1) is 20.8 Å². The summed E-state index contributed by atoms with van der Waals surface area (Å²) in [4.78, 5) is 9.29. The average molecular weight is 248 g/mol. The van der Waals surface area contributed by atoms with Crippen molar-refractivity contribution in [1.29, 1.82) is 0 Å². The van der Waals surface area contributed by atoms with E-state index >= 15 is 0 Å². The first-order chi connectivity index (χ1) is 9.15. The van der Waals surface area contributed by atoms with Gasteiger partial charge >= 0.3 is 0 Å². The molecular weight excluding hydrogens is 232 g/mol. The molecule has 0 radical (unpaired) electrons. The third-order valence-corrected chi connectivity index (χ3v) is 3.58. The van der Waals surface area contributed by atoms with E-state index in [9.17, 15) is 0 Å². The maximum Gasteiger partial charge on any atom is 0.0919 e. The predicted molar refractivity (Wildman–Crippen MR) is 79.2 cm³/mol. The fraction of sp³-hybridized carbons (Fsp3) is 0.176. The first kappa shape index (κ1) is 11.8. The van der Waals surface area contributed by atoms with Gasteiger partial charge in [-0.3, -0.25) is 4.98 Å². The van der Waals surface area contributed by atoms with Crippen LogP contribution in [0.4, 0.5) is 0 Å². The molecule has 0 aliphatic rings. The molecule has 3 rings (SSSR count). The summed E-state index contributed by atoms with van der Waals surface area (Å²) in [6.07, 6.45) is 1.86. The summed E-state index contributed by atoms with van der Waals surface area (Å²) in [5.41, 5.74) is 7.71. The van der Waals surface area contributed by atoms with Gasteiger partial charge in [-0.2, -0.15) is 0 Å². The van der Waals surface area contributed by atoms with Gasteiger partial charge in [0.2, 0.25) is 0 Å². The van der Waals surface area contributed by atoms with Crippen LogP contribution in [-0.4, -0.2) is 9.97 Å². The Morgan fingerprint density at radius 1 is 0.842 bits per heavy atom. The van der Waals surface area contributed by atoms with Crippen molar-refractivity contribution >= 4 is 11.0 Å². The summed E-state index contributed by atoms with van der Waals surface area (Å²) in [6, 6.07) is 12.5. The molecule has 0 aliphatic carbocycles. The second kappa shape index (κ2) is 4.47. The van der Waals surface area contributed by atoms with Gasteiger partial charge in [0.15, 0.2) is 0 Å². The van der Waals surface area contributed by atoms with Gasteiger partial charge in [0.1, 0.15) is 0 Å². The zero-order valence-electron chi connectivity index (χ0n) is 11.4. The first-order valence-electron chi connectivity index (χ1n) is 6.45. The van der Waals surface area contributed by atoms with Gasteiger partial charge in [-0.15, -0.1) is 0 Å². The molecule has 3 aromatic rings. The SMILES string of the molecule is Cc1ccc(-c2cnc3c(C)c(C)ccc3n2)cc1. The highest BCUT2D eigenvalue weighted by Crippen LogP contribution is 2.22. The van der Waals surface area contributed by atoms with Gasteiger partial charge < -0.3 is 0 Å². The number of rotatable bonds is 1. The largest absolute Gasteiger partial charge is 0.252 e. The molecule has 94 valence electrons. The summed E-state index contributed by atoms with van der Waals surface area (Å²) < 4.78 is 0. The predicted octanol–water partition coefficient (Wildman–Crippen LogP) is 4.22. The Morgan fingerprint density at radius 3 is 2.32 bits per heavy atom. The van der Waals surface area contributed by atoms with E-state index in [-0.39, 0.29) is 0 Å². The smallest absolute Gasteiger partial charge is 0.0919 e. The van der Waals surface area contributed by atoms with Crippen LogP contribution in [0.15, 0.2) is 42.6 Å². The molecule has 1 heterocycles. The van der Waals surface area contributed by atoms with Gasteiger partial charge in [-0.1, -0.05) is 35.9 Å². The number of hydrogen-bond acceptors (Lipinski definition) is 2. The number of benzene rings is 2. The van der Waals surface area contributed by atoms with E-state index in [0.717, 1.165) is 22.3 Å². The lowest BCUT2D eigenvalue weighted by Gasteiger charge is -2.06. The molecule has 0 amide bonds. The van der Waals surface area contributed by atoms with Gasteiger partial charge in [0, 0.05) is 5.56 Å². The molecule has 2 nitrogen and oxygen atoms in total. The van der Waals surface area contributed by atoms with Crippen molar-refractivity contribution < 1.29 is 0 Å². The summed E-state index contributed by atoms with van der Waals surface area (Å²) in [6.45, 7) is 6.28. The summed E-state index contributed by atoms with van der Waals surface area (Å²) in [5, 5.41) is 0. The van der Waals surface area contributed by atoms with Crippen molar-refractivity contribution in [2.24, 2.45) is 0 Å². The van der Waals surface area contributed by atoms with E-state index in [2.05, 4.69) is 56.1 Å². The average Bonchev–Trinajstić information content (AvgIpc) is 2.43. The summed E-state index contributed by atoms with van der Waals surface area (Å²) in [7, 11) is 0. The molecule has 0 atom stereocenters. The molecule has 0 saturated heterocycles. The van der Waals surface area contributed by atoms with Gasteiger partial charge in [-0.25, -0.2) is 4.98 Å². The van der Waals surface area contributed by atoms with E-state index in [1.165, 1.54) is 16.7 Å². The molecule has 2 aromatic carbocycles. The van der Waals surface area contributed by atoms with Gasteiger partial charge in [0.25, 0.3) is 0 Å². The summed E-state index contributed by atoms with van der Waals surface area (Å²) >= 11 is 0. The molecule has 19 heavy (non-hydrogen) atoms. The number of aryl methyl sites for hydroxylation is 3. The lowest BCUT2D eigenvalue weighted by Crippen LogP contribution is -1.92. The zero-order valence-corrected chi connectivity index (χ0v) is 11.4.